The lowest BCUT2D eigenvalue weighted by atomic mass is 10.2. The zero-order chi connectivity index (χ0) is 14.0. The normalized spacial score (nSPS) is 10.2. The molecule has 0 saturated heterocycles. The summed E-state index contributed by atoms with van der Waals surface area (Å²) in [6.45, 7) is 0. The van der Waals surface area contributed by atoms with Crippen molar-refractivity contribution < 1.29 is 23.5 Å². The first-order chi connectivity index (χ1) is 8.99. The van der Waals surface area contributed by atoms with Crippen molar-refractivity contribution in [3.8, 4) is 0 Å². The van der Waals surface area contributed by atoms with Gasteiger partial charge >= 0.3 is 5.97 Å². The molecule has 0 fully saturated rings. The van der Waals surface area contributed by atoms with E-state index in [0.29, 0.717) is 0 Å². The van der Waals surface area contributed by atoms with Crippen LogP contribution in [-0.4, -0.2) is 17.0 Å². The Kier molecular flexibility index (Phi) is 3.57. The van der Waals surface area contributed by atoms with E-state index in [1.165, 1.54) is 10.8 Å². The number of nitrogens with one attached hydrogen (secondary N) is 1. The molecule has 19 heavy (non-hydrogen) atoms. The maximum Gasteiger partial charge on any atom is 0.338 e. The highest BCUT2D eigenvalue weighted by molar-refractivity contribution is 7.08. The molecule has 0 atom stereocenters. The van der Waals surface area contributed by atoms with Crippen molar-refractivity contribution >= 4 is 28.9 Å². The second kappa shape index (κ2) is 5.15. The minimum Gasteiger partial charge on any atom is -0.478 e. The number of halogens is 2. The van der Waals surface area contributed by atoms with Gasteiger partial charge in [0.15, 0.2) is 11.6 Å². The largest absolute Gasteiger partial charge is 0.478 e. The third-order valence-corrected chi connectivity index (χ3v) is 3.07. The average molecular weight is 283 g/mol. The monoisotopic (exact) mass is 283 g/mol. The van der Waals surface area contributed by atoms with E-state index in [2.05, 4.69) is 5.32 Å². The summed E-state index contributed by atoms with van der Waals surface area (Å²) in [4.78, 5) is 22.6. The summed E-state index contributed by atoms with van der Waals surface area (Å²) in [6, 6.07) is 2.69. The Balaban J connectivity index is 2.23. The molecule has 0 spiro atoms. The van der Waals surface area contributed by atoms with Gasteiger partial charge in [0.1, 0.15) is 0 Å². The number of rotatable bonds is 3. The van der Waals surface area contributed by atoms with Gasteiger partial charge in [0.2, 0.25) is 0 Å². The van der Waals surface area contributed by atoms with Crippen LogP contribution in [0.15, 0.2) is 29.0 Å². The molecule has 1 aromatic carbocycles. The van der Waals surface area contributed by atoms with Crippen LogP contribution >= 0.6 is 11.3 Å². The molecule has 2 N–H and O–H groups in total. The second-order valence-corrected chi connectivity index (χ2v) is 4.33. The lowest BCUT2D eigenvalue weighted by molar-refractivity contribution is 0.0698. The summed E-state index contributed by atoms with van der Waals surface area (Å²) in [5.41, 5.74) is -0.0328. The highest BCUT2D eigenvalue weighted by Gasteiger charge is 2.15. The lowest BCUT2D eigenvalue weighted by Crippen LogP contribution is -2.14. The van der Waals surface area contributed by atoms with Gasteiger partial charge in [0.25, 0.3) is 5.91 Å². The standard InChI is InChI=1S/C12H7F2NO3S/c13-8-2-1-6(3-9(8)14)11(16)15-10-5-19-4-7(10)12(17)18/h1-5H,(H,15,16)(H,17,18). The summed E-state index contributed by atoms with van der Waals surface area (Å²) in [7, 11) is 0. The van der Waals surface area contributed by atoms with Crippen LogP contribution in [0, 0.1) is 11.6 Å². The summed E-state index contributed by atoms with van der Waals surface area (Å²) >= 11 is 1.11. The average Bonchev–Trinajstić information content (AvgIpc) is 2.80. The van der Waals surface area contributed by atoms with Gasteiger partial charge in [0, 0.05) is 16.3 Å². The van der Waals surface area contributed by atoms with Crippen molar-refractivity contribution in [2.45, 2.75) is 0 Å². The van der Waals surface area contributed by atoms with Crippen molar-refractivity contribution in [3.63, 3.8) is 0 Å². The minimum atomic E-state index is -1.18. The van der Waals surface area contributed by atoms with Crippen molar-refractivity contribution in [2.75, 3.05) is 5.32 Å². The van der Waals surface area contributed by atoms with Crippen LogP contribution < -0.4 is 5.32 Å². The zero-order valence-electron chi connectivity index (χ0n) is 9.31. The van der Waals surface area contributed by atoms with Crippen molar-refractivity contribution in [2.24, 2.45) is 0 Å². The number of thiophene rings is 1. The molecule has 0 bridgehead atoms. The molecule has 0 aliphatic carbocycles. The smallest absolute Gasteiger partial charge is 0.338 e. The number of benzene rings is 1. The zero-order valence-corrected chi connectivity index (χ0v) is 10.1. The van der Waals surface area contributed by atoms with Crippen LogP contribution in [0.4, 0.5) is 14.5 Å². The van der Waals surface area contributed by atoms with Gasteiger partial charge in [-0.25, -0.2) is 13.6 Å². The molecule has 4 nitrogen and oxygen atoms in total. The Morgan fingerprint density at radius 3 is 2.53 bits per heavy atom. The van der Waals surface area contributed by atoms with Gasteiger partial charge in [0.05, 0.1) is 11.3 Å². The fraction of sp³-hybridized carbons (Fsp3) is 0. The Morgan fingerprint density at radius 2 is 1.89 bits per heavy atom. The quantitative estimate of drug-likeness (QED) is 0.910. The topological polar surface area (TPSA) is 66.4 Å². The van der Waals surface area contributed by atoms with Gasteiger partial charge in [-0.05, 0) is 18.2 Å². The molecule has 0 unspecified atom stereocenters. The number of carbonyl (C=O) groups excluding carboxylic acids is 1. The number of carboxylic acid groups (broad SMARTS) is 1. The first-order valence-electron chi connectivity index (χ1n) is 5.05. The van der Waals surface area contributed by atoms with E-state index >= 15 is 0 Å². The highest BCUT2D eigenvalue weighted by Crippen LogP contribution is 2.21. The highest BCUT2D eigenvalue weighted by atomic mass is 32.1. The fourth-order valence-corrected chi connectivity index (χ4v) is 2.15. The molecule has 1 aromatic heterocycles. The maximum atomic E-state index is 13.0. The second-order valence-electron chi connectivity index (χ2n) is 3.59. The Bertz CT molecular complexity index is 654. The number of carboxylic acids is 1. The van der Waals surface area contributed by atoms with E-state index in [4.69, 9.17) is 5.11 Å². The molecule has 98 valence electrons. The molecule has 0 saturated carbocycles. The van der Waals surface area contributed by atoms with E-state index in [1.807, 2.05) is 0 Å². The van der Waals surface area contributed by atoms with Gasteiger partial charge in [-0.3, -0.25) is 4.79 Å². The van der Waals surface area contributed by atoms with E-state index in [-0.39, 0.29) is 16.8 Å². The van der Waals surface area contributed by atoms with Gasteiger partial charge in [-0.1, -0.05) is 0 Å². The molecular formula is C12H7F2NO3S. The molecule has 7 heteroatoms. The maximum absolute atomic E-state index is 13.0. The van der Waals surface area contributed by atoms with Gasteiger partial charge in [-0.2, -0.15) is 0 Å². The predicted molar refractivity (Wildman–Crippen MR) is 65.6 cm³/mol. The third-order valence-electron chi connectivity index (χ3n) is 2.32. The molecule has 1 amide bonds. The number of amides is 1. The summed E-state index contributed by atoms with van der Waals surface area (Å²) in [6.07, 6.45) is 0. The number of aromatic carboxylic acids is 1. The lowest BCUT2D eigenvalue weighted by Gasteiger charge is -2.05. The third kappa shape index (κ3) is 2.76. The number of anilines is 1. The molecule has 0 radical (unpaired) electrons. The molecule has 2 aromatic rings. The van der Waals surface area contributed by atoms with E-state index in [1.54, 1.807) is 0 Å². The molecule has 2 rings (SSSR count). The summed E-state index contributed by atoms with van der Waals surface area (Å²) < 4.78 is 25.7. The Morgan fingerprint density at radius 1 is 1.16 bits per heavy atom. The fourth-order valence-electron chi connectivity index (χ4n) is 1.39. The van der Waals surface area contributed by atoms with Crippen molar-refractivity contribution in [3.05, 3.63) is 51.7 Å². The first-order valence-corrected chi connectivity index (χ1v) is 5.99. The first kappa shape index (κ1) is 13.2. The van der Waals surface area contributed by atoms with Crippen molar-refractivity contribution in [1.82, 2.24) is 0 Å². The van der Waals surface area contributed by atoms with Crippen LogP contribution in [0.2, 0.25) is 0 Å². The molecule has 0 aliphatic rings. The van der Waals surface area contributed by atoms with E-state index in [0.717, 1.165) is 29.5 Å². The molecule has 1 heterocycles. The van der Waals surface area contributed by atoms with Crippen LogP contribution in [0.3, 0.4) is 0 Å². The van der Waals surface area contributed by atoms with E-state index in [9.17, 15) is 18.4 Å². The van der Waals surface area contributed by atoms with Crippen molar-refractivity contribution in [1.29, 1.82) is 0 Å². The van der Waals surface area contributed by atoms with Crippen LogP contribution in [0.25, 0.3) is 0 Å². The van der Waals surface area contributed by atoms with E-state index < -0.39 is 23.5 Å². The summed E-state index contributed by atoms with van der Waals surface area (Å²) in [5.74, 6) is -4.09. The number of hydrogen-bond acceptors (Lipinski definition) is 3. The van der Waals surface area contributed by atoms with Gasteiger partial charge < -0.3 is 10.4 Å². The Hall–Kier alpha value is -2.28. The van der Waals surface area contributed by atoms with Crippen LogP contribution in [0.1, 0.15) is 20.7 Å². The van der Waals surface area contributed by atoms with Gasteiger partial charge in [-0.15, -0.1) is 11.3 Å². The minimum absolute atomic E-state index is 0.0547. The number of carbonyl (C=O) groups is 2. The van der Waals surface area contributed by atoms with Crippen LogP contribution in [0.5, 0.6) is 0 Å². The predicted octanol–water partition coefficient (Wildman–Crippen LogP) is 2.98. The number of hydrogen-bond donors (Lipinski definition) is 2. The molecule has 0 aliphatic heterocycles. The SMILES string of the molecule is O=C(Nc1cscc1C(=O)O)c1ccc(F)c(F)c1. The molecular weight excluding hydrogens is 276 g/mol. The summed E-state index contributed by atoms with van der Waals surface area (Å²) in [5, 5.41) is 14.0. The van der Waals surface area contributed by atoms with Crippen LogP contribution in [-0.2, 0) is 0 Å². The Labute approximate surface area is 110 Å².